The molecule has 0 radical (unpaired) electrons. The van der Waals surface area contributed by atoms with Crippen LogP contribution in [0.2, 0.25) is 0 Å². The van der Waals surface area contributed by atoms with Crippen molar-refractivity contribution < 1.29 is 18.0 Å². The number of Topliss-reactive ketones (excluding diaryl/α,β-unsaturated/α-hetero) is 1. The average molecular weight is 228 g/mol. The molecule has 0 aliphatic heterocycles. The van der Waals surface area contributed by atoms with Crippen molar-refractivity contribution in [3.8, 4) is 0 Å². The third-order valence-electron chi connectivity index (χ3n) is 2.27. The summed E-state index contributed by atoms with van der Waals surface area (Å²) in [6.07, 6.45) is -3.42. The summed E-state index contributed by atoms with van der Waals surface area (Å²) in [4.78, 5) is 11.0. The molecule has 1 heterocycles. The topological polar surface area (TPSA) is 34.9 Å². The highest BCUT2D eigenvalue weighted by Gasteiger charge is 2.39. The first kappa shape index (κ1) is 10.7. The van der Waals surface area contributed by atoms with Crippen LogP contribution in [-0.2, 0) is 7.05 Å². The first-order chi connectivity index (χ1) is 7.39. The summed E-state index contributed by atoms with van der Waals surface area (Å²) in [5.41, 5.74) is 0.312. The van der Waals surface area contributed by atoms with Crippen LogP contribution in [0, 0.1) is 0 Å². The zero-order valence-electron chi connectivity index (χ0n) is 8.25. The van der Waals surface area contributed by atoms with Crippen LogP contribution >= 0.6 is 0 Å². The summed E-state index contributed by atoms with van der Waals surface area (Å²) < 4.78 is 38.0. The molecule has 6 heteroatoms. The van der Waals surface area contributed by atoms with Crippen LogP contribution in [0.4, 0.5) is 13.2 Å². The second-order valence-electron chi connectivity index (χ2n) is 3.37. The van der Waals surface area contributed by atoms with Crippen molar-refractivity contribution in [3.63, 3.8) is 0 Å². The van der Waals surface area contributed by atoms with Crippen molar-refractivity contribution in [1.29, 1.82) is 0 Å². The van der Waals surface area contributed by atoms with E-state index in [1.807, 2.05) is 0 Å². The zero-order valence-corrected chi connectivity index (χ0v) is 8.25. The number of ketones is 1. The smallest absolute Gasteiger partial charge is 0.284 e. The van der Waals surface area contributed by atoms with Gasteiger partial charge in [-0.05, 0) is 18.2 Å². The lowest BCUT2D eigenvalue weighted by molar-refractivity contribution is -0.0885. The average Bonchev–Trinajstić information content (AvgIpc) is 2.57. The molecule has 0 bridgehead atoms. The molecular weight excluding hydrogens is 221 g/mol. The van der Waals surface area contributed by atoms with E-state index in [-0.39, 0.29) is 5.56 Å². The molecule has 0 saturated carbocycles. The molecule has 3 nitrogen and oxygen atoms in total. The minimum atomic E-state index is -4.84. The first-order valence-electron chi connectivity index (χ1n) is 4.43. The Morgan fingerprint density at radius 2 is 2.06 bits per heavy atom. The molecule has 0 fully saturated rings. The van der Waals surface area contributed by atoms with Gasteiger partial charge in [-0.3, -0.25) is 9.48 Å². The highest BCUT2D eigenvalue weighted by atomic mass is 19.4. The molecule has 0 saturated heterocycles. The first-order valence-corrected chi connectivity index (χ1v) is 4.43. The maximum absolute atomic E-state index is 12.2. The summed E-state index contributed by atoms with van der Waals surface area (Å²) in [5, 5.41) is 4.39. The van der Waals surface area contributed by atoms with E-state index in [9.17, 15) is 18.0 Å². The third-order valence-corrected chi connectivity index (χ3v) is 2.27. The third kappa shape index (κ3) is 1.66. The number of aryl methyl sites for hydroxylation is 1. The lowest BCUT2D eigenvalue weighted by Crippen LogP contribution is -2.22. The van der Waals surface area contributed by atoms with E-state index in [0.29, 0.717) is 10.9 Å². The molecular formula is C10H7F3N2O. The number of aromatic nitrogens is 2. The Morgan fingerprint density at radius 3 is 2.69 bits per heavy atom. The summed E-state index contributed by atoms with van der Waals surface area (Å²) in [6.45, 7) is 0. The summed E-state index contributed by atoms with van der Waals surface area (Å²) in [6, 6.07) is 3.79. The van der Waals surface area contributed by atoms with Gasteiger partial charge in [-0.25, -0.2) is 0 Å². The van der Waals surface area contributed by atoms with Gasteiger partial charge >= 0.3 is 6.18 Å². The molecule has 0 aliphatic carbocycles. The van der Waals surface area contributed by atoms with Gasteiger partial charge in [0.2, 0.25) is 0 Å². The number of halogens is 3. The molecule has 2 aromatic rings. The van der Waals surface area contributed by atoms with Crippen LogP contribution in [0.3, 0.4) is 0 Å². The van der Waals surface area contributed by atoms with Crippen LogP contribution in [-0.4, -0.2) is 21.7 Å². The second-order valence-corrected chi connectivity index (χ2v) is 3.37. The standard InChI is InChI=1S/C10H7F3N2O/c1-15-8-3-2-6(4-7(8)5-14-15)9(16)10(11,12)13/h2-5H,1H3. The molecule has 0 atom stereocenters. The quantitative estimate of drug-likeness (QED) is 0.702. The van der Waals surface area contributed by atoms with Gasteiger partial charge in [0.1, 0.15) is 0 Å². The molecule has 1 aromatic heterocycles. The Kier molecular flexibility index (Phi) is 2.22. The Bertz CT molecular complexity index is 557. The highest BCUT2D eigenvalue weighted by molar-refractivity contribution is 6.02. The Labute approximate surface area is 88.5 Å². The predicted octanol–water partition coefficient (Wildman–Crippen LogP) is 2.32. The van der Waals surface area contributed by atoms with E-state index in [2.05, 4.69) is 5.10 Å². The number of rotatable bonds is 1. The van der Waals surface area contributed by atoms with Crippen LogP contribution < -0.4 is 0 Å². The summed E-state index contributed by atoms with van der Waals surface area (Å²) >= 11 is 0. The minimum Gasteiger partial charge on any atom is -0.284 e. The van der Waals surface area contributed by atoms with Crippen LogP contribution in [0.1, 0.15) is 10.4 Å². The van der Waals surface area contributed by atoms with Crippen molar-refractivity contribution in [2.24, 2.45) is 7.05 Å². The van der Waals surface area contributed by atoms with E-state index >= 15 is 0 Å². The molecule has 0 N–H and O–H groups in total. The molecule has 0 unspecified atom stereocenters. The second kappa shape index (κ2) is 3.33. The van der Waals surface area contributed by atoms with Gasteiger partial charge in [0, 0.05) is 18.0 Å². The number of alkyl halides is 3. The normalized spacial score (nSPS) is 12.0. The van der Waals surface area contributed by atoms with E-state index < -0.39 is 12.0 Å². The molecule has 0 spiro atoms. The van der Waals surface area contributed by atoms with E-state index in [0.717, 1.165) is 6.07 Å². The van der Waals surface area contributed by atoms with Gasteiger partial charge in [-0.2, -0.15) is 18.3 Å². The van der Waals surface area contributed by atoms with E-state index in [1.165, 1.54) is 23.0 Å². The van der Waals surface area contributed by atoms with Crippen molar-refractivity contribution in [3.05, 3.63) is 30.0 Å². The van der Waals surface area contributed by atoms with Gasteiger partial charge in [-0.1, -0.05) is 0 Å². The van der Waals surface area contributed by atoms with Crippen molar-refractivity contribution in [2.75, 3.05) is 0 Å². The number of carbonyl (C=O) groups is 1. The van der Waals surface area contributed by atoms with Crippen molar-refractivity contribution in [1.82, 2.24) is 9.78 Å². The van der Waals surface area contributed by atoms with E-state index in [1.54, 1.807) is 7.05 Å². The van der Waals surface area contributed by atoms with Gasteiger partial charge in [-0.15, -0.1) is 0 Å². The molecule has 1 aromatic carbocycles. The Balaban J connectivity index is 2.52. The number of hydrogen-bond acceptors (Lipinski definition) is 2. The van der Waals surface area contributed by atoms with Crippen molar-refractivity contribution in [2.45, 2.75) is 6.18 Å². The fourth-order valence-corrected chi connectivity index (χ4v) is 1.47. The maximum Gasteiger partial charge on any atom is 0.454 e. The van der Waals surface area contributed by atoms with Crippen LogP contribution in [0.15, 0.2) is 24.4 Å². The minimum absolute atomic E-state index is 0.368. The van der Waals surface area contributed by atoms with Gasteiger partial charge in [0.05, 0.1) is 11.7 Å². The fraction of sp³-hybridized carbons (Fsp3) is 0.200. The number of benzene rings is 1. The SMILES string of the molecule is Cn1ncc2cc(C(=O)C(F)(F)F)ccc21. The summed E-state index contributed by atoms with van der Waals surface area (Å²) in [5.74, 6) is -1.83. The number of fused-ring (bicyclic) bond motifs is 1. The number of nitrogens with zero attached hydrogens (tertiary/aromatic N) is 2. The monoisotopic (exact) mass is 228 g/mol. The lowest BCUT2D eigenvalue weighted by atomic mass is 10.1. The van der Waals surface area contributed by atoms with Gasteiger partial charge in [0.15, 0.2) is 0 Å². The van der Waals surface area contributed by atoms with Crippen LogP contribution in [0.25, 0.3) is 10.9 Å². The predicted molar refractivity (Wildman–Crippen MR) is 51.1 cm³/mol. The number of hydrogen-bond donors (Lipinski definition) is 0. The molecule has 84 valence electrons. The van der Waals surface area contributed by atoms with Crippen LogP contribution in [0.5, 0.6) is 0 Å². The summed E-state index contributed by atoms with van der Waals surface area (Å²) in [7, 11) is 1.67. The molecule has 0 aliphatic rings. The number of carbonyl (C=O) groups excluding carboxylic acids is 1. The molecule has 0 amide bonds. The zero-order chi connectivity index (χ0) is 11.9. The Hall–Kier alpha value is -1.85. The molecule has 2 rings (SSSR count). The Morgan fingerprint density at radius 1 is 1.38 bits per heavy atom. The highest BCUT2D eigenvalue weighted by Crippen LogP contribution is 2.23. The maximum atomic E-state index is 12.2. The largest absolute Gasteiger partial charge is 0.454 e. The van der Waals surface area contributed by atoms with Crippen molar-refractivity contribution >= 4 is 16.7 Å². The van der Waals surface area contributed by atoms with Gasteiger partial charge < -0.3 is 0 Å². The lowest BCUT2D eigenvalue weighted by Gasteiger charge is -2.04. The fourth-order valence-electron chi connectivity index (χ4n) is 1.47. The van der Waals surface area contributed by atoms with E-state index in [4.69, 9.17) is 0 Å². The van der Waals surface area contributed by atoms with Gasteiger partial charge in [0.25, 0.3) is 5.78 Å². The molecule has 16 heavy (non-hydrogen) atoms.